The molecule has 268 valence electrons. The van der Waals surface area contributed by atoms with Crippen molar-refractivity contribution in [2.45, 2.75) is 80.6 Å². The van der Waals surface area contributed by atoms with Crippen LogP contribution in [0.1, 0.15) is 114 Å². The minimum absolute atomic E-state index is 0. The van der Waals surface area contributed by atoms with E-state index >= 15 is 0 Å². The molecule has 10 heteroatoms. The number of allylic oxidation sites excluding steroid dienone is 3. The summed E-state index contributed by atoms with van der Waals surface area (Å²) in [6.07, 6.45) is 12.6. The van der Waals surface area contributed by atoms with Gasteiger partial charge in [-0.15, -0.1) is 33.7 Å². The van der Waals surface area contributed by atoms with E-state index in [9.17, 15) is 14.4 Å². The van der Waals surface area contributed by atoms with Crippen LogP contribution in [-0.4, -0.2) is 54.5 Å². The molecule has 1 saturated heterocycles. The molecule has 52 heavy (non-hydrogen) atoms. The van der Waals surface area contributed by atoms with Gasteiger partial charge in [0.05, 0.1) is 7.11 Å². The van der Waals surface area contributed by atoms with Crippen molar-refractivity contribution < 1.29 is 23.9 Å². The summed E-state index contributed by atoms with van der Waals surface area (Å²) >= 11 is 0. The van der Waals surface area contributed by atoms with E-state index in [1.807, 2.05) is 58.9 Å². The van der Waals surface area contributed by atoms with Gasteiger partial charge in [0.2, 0.25) is 0 Å². The molecular formula is C42H45MgN4O5-3. The Balaban J connectivity index is 0.00000523. The molecule has 0 radical (unpaired) electrons. The summed E-state index contributed by atoms with van der Waals surface area (Å²) in [5, 5.41) is 6.71. The molecular weight excluding hydrogens is 665 g/mol. The van der Waals surface area contributed by atoms with Crippen LogP contribution in [-0.2, 0) is 25.5 Å². The zero-order valence-corrected chi connectivity index (χ0v) is 32.9. The van der Waals surface area contributed by atoms with Crippen molar-refractivity contribution in [3.05, 3.63) is 102 Å². The van der Waals surface area contributed by atoms with Crippen molar-refractivity contribution in [3.8, 4) is 0 Å². The van der Waals surface area contributed by atoms with Crippen LogP contribution in [0.25, 0.3) is 35.2 Å². The summed E-state index contributed by atoms with van der Waals surface area (Å²) in [6.45, 7) is 20.5. The van der Waals surface area contributed by atoms with Gasteiger partial charge in [-0.25, -0.2) is 11.8 Å². The Kier molecular flexibility index (Phi) is 11.8. The van der Waals surface area contributed by atoms with E-state index in [1.54, 1.807) is 6.08 Å². The number of fused-ring (bicyclic) bond motifs is 7. The molecule has 3 aromatic rings. The van der Waals surface area contributed by atoms with Crippen LogP contribution in [0.2, 0.25) is 0 Å². The van der Waals surface area contributed by atoms with Crippen molar-refractivity contribution in [1.82, 2.24) is 15.0 Å². The number of hydrogen-bond donors (Lipinski definition) is 0. The number of carbonyl (C=O) groups is 3. The summed E-state index contributed by atoms with van der Waals surface area (Å²) in [6, 6.07) is 0. The van der Waals surface area contributed by atoms with E-state index < -0.39 is 11.9 Å². The third-order valence-electron chi connectivity index (χ3n) is 10.7. The van der Waals surface area contributed by atoms with Gasteiger partial charge in [-0.05, 0) is 57.9 Å². The Morgan fingerprint density at radius 2 is 1.65 bits per heavy atom. The van der Waals surface area contributed by atoms with Crippen LogP contribution in [0.15, 0.2) is 23.0 Å². The number of hydrogen-bond acceptors (Lipinski definition) is 5. The molecule has 3 aromatic heterocycles. The van der Waals surface area contributed by atoms with Crippen molar-refractivity contribution >= 4 is 70.7 Å². The van der Waals surface area contributed by atoms with Crippen molar-refractivity contribution in [1.29, 1.82) is 0 Å². The summed E-state index contributed by atoms with van der Waals surface area (Å²) in [7, 11) is 1.28. The number of ketones is 1. The molecule has 2 aliphatic heterocycles. The van der Waals surface area contributed by atoms with Crippen LogP contribution in [0.5, 0.6) is 0 Å². The molecule has 3 aliphatic rings. The van der Waals surface area contributed by atoms with Crippen molar-refractivity contribution in [3.63, 3.8) is 0 Å². The molecule has 0 spiro atoms. The molecule has 6 rings (SSSR count). The van der Waals surface area contributed by atoms with E-state index in [-0.39, 0.29) is 59.7 Å². The van der Waals surface area contributed by atoms with E-state index in [2.05, 4.69) is 13.8 Å². The average Bonchev–Trinajstić information content (AvgIpc) is 3.84. The summed E-state index contributed by atoms with van der Waals surface area (Å²) in [4.78, 5) is 55.7. The molecule has 3 atom stereocenters. The van der Waals surface area contributed by atoms with Gasteiger partial charge in [-0.3, -0.25) is 21.0 Å². The Labute approximate surface area is 321 Å². The number of esters is 2. The minimum atomic E-state index is -1.22. The number of methoxy groups -OCH3 is 1. The third kappa shape index (κ3) is 6.83. The van der Waals surface area contributed by atoms with Crippen molar-refractivity contribution in [2.24, 2.45) is 17.8 Å². The predicted molar refractivity (Wildman–Crippen MR) is 203 cm³/mol. The Morgan fingerprint density at radius 3 is 2.33 bits per heavy atom. The quantitative estimate of drug-likeness (QED) is 0.0885. The van der Waals surface area contributed by atoms with E-state index in [4.69, 9.17) is 36.3 Å². The molecule has 5 heterocycles. The third-order valence-corrected chi connectivity index (χ3v) is 10.7. The normalized spacial score (nSPS) is 22.7. The first-order chi connectivity index (χ1) is 24.4. The first-order valence-corrected chi connectivity index (χ1v) is 17.8. The van der Waals surface area contributed by atoms with Gasteiger partial charge in [-0.2, -0.15) is 22.7 Å². The van der Waals surface area contributed by atoms with Gasteiger partial charge >= 0.3 is 35.0 Å². The zero-order chi connectivity index (χ0) is 36.7. The number of aromatic nitrogens is 3. The first kappa shape index (κ1) is 38.9. The monoisotopic (exact) mass is 709 g/mol. The SMILES string of the molecule is [CH-]=Cc1c2[n-]c(c1C)/C=C1\[N-]/C(=C3\c4[n-]c(c(C)c4C(=O)[C@@H]3C(=O)OC)/C=c3\[n-]/c(c(C)c3CC)=C\2)[C@@H](CCC(=O)OC/C=C(\C)CCC)[C@@H]1C.[Mg+2]. The fourth-order valence-electron chi connectivity index (χ4n) is 7.72. The molecule has 0 N–H and O–H groups in total. The molecule has 0 saturated carbocycles. The van der Waals surface area contributed by atoms with Crippen LogP contribution >= 0.6 is 0 Å². The molecule has 0 amide bonds. The molecule has 9 nitrogen and oxygen atoms in total. The maximum absolute atomic E-state index is 14.2. The maximum Gasteiger partial charge on any atom is 2.00 e. The molecule has 8 bridgehead atoms. The second kappa shape index (κ2) is 15.8. The molecule has 1 fully saturated rings. The minimum Gasteiger partial charge on any atom is -0.674 e. The van der Waals surface area contributed by atoms with Gasteiger partial charge in [0.25, 0.3) is 0 Å². The van der Waals surface area contributed by atoms with Gasteiger partial charge in [-0.1, -0.05) is 74.1 Å². The van der Waals surface area contributed by atoms with Crippen LogP contribution in [0.4, 0.5) is 0 Å². The standard InChI is InChI=1S/C42H46N4O5.Mg/c1-10-13-21(4)16-17-51-35(47)15-14-28-24(7)31-18-29-22(5)26(11-2)33(43-29)19-30-23(6)27(12-3)34(44-30)20-32-25(8)36-40(46-32)37(39(28)45-31)38(41(36)48)42(49)50-9;/h2,11,16,18-20,24,28,38H,10,12-15,17H2,1,3-9H3,(H-,45,46,48);/q-4;+2/p-1/b21-16+,30-19-,31-18-,34-20-;/t24-,28-,38+;/m0./s1. The van der Waals surface area contributed by atoms with Crippen LogP contribution in [0, 0.1) is 45.1 Å². The van der Waals surface area contributed by atoms with E-state index in [0.717, 1.165) is 57.9 Å². The van der Waals surface area contributed by atoms with Crippen molar-refractivity contribution in [2.75, 3.05) is 13.7 Å². The molecule has 1 aliphatic carbocycles. The largest absolute Gasteiger partial charge is 2.00 e. The van der Waals surface area contributed by atoms with Gasteiger partial charge in [0, 0.05) is 12.0 Å². The zero-order valence-electron chi connectivity index (χ0n) is 31.5. The summed E-state index contributed by atoms with van der Waals surface area (Å²) in [5.41, 5.74) is 10.2. The topological polar surface area (TPSA) is 126 Å². The van der Waals surface area contributed by atoms with E-state index in [0.29, 0.717) is 51.6 Å². The second-order valence-electron chi connectivity index (χ2n) is 13.8. The molecule has 0 unspecified atom stereocenters. The maximum atomic E-state index is 14.2. The average molecular weight is 710 g/mol. The Hall–Kier alpha value is -4.28. The second-order valence-corrected chi connectivity index (χ2v) is 13.8. The van der Waals surface area contributed by atoms with Gasteiger partial charge in [0.1, 0.15) is 12.5 Å². The predicted octanol–water partition coefficient (Wildman–Crippen LogP) is 5.53. The first-order valence-electron chi connectivity index (χ1n) is 17.8. The fraction of sp³-hybridized carbons (Fsp3) is 0.405. The number of rotatable bonds is 10. The fourth-order valence-corrected chi connectivity index (χ4v) is 7.72. The Morgan fingerprint density at radius 1 is 0.942 bits per heavy atom. The van der Waals surface area contributed by atoms with E-state index in [1.165, 1.54) is 12.7 Å². The number of carbonyl (C=O) groups excluding carboxylic acids is 3. The van der Waals surface area contributed by atoms with Gasteiger partial charge in [0.15, 0.2) is 5.78 Å². The smallest absolute Gasteiger partial charge is 0.674 e. The molecule has 0 aromatic carbocycles. The summed E-state index contributed by atoms with van der Waals surface area (Å²) < 4.78 is 10.8. The van der Waals surface area contributed by atoms with Gasteiger partial charge < -0.3 is 29.7 Å². The van der Waals surface area contributed by atoms with Crippen LogP contribution < -0.4 is 25.7 Å². The summed E-state index contributed by atoms with van der Waals surface area (Å²) in [5.74, 6) is -3.09. The number of Topliss-reactive ketones (excluding diaryl/α,β-unsaturated/α-hetero) is 1. The number of nitrogens with zero attached hydrogens (tertiary/aromatic N) is 4. The number of ether oxygens (including phenoxy) is 2. The van der Waals surface area contributed by atoms with Crippen LogP contribution in [0.3, 0.4) is 0 Å². The Bertz CT molecular complexity index is 2170.